The summed E-state index contributed by atoms with van der Waals surface area (Å²) in [5.41, 5.74) is 4.91. The van der Waals surface area contributed by atoms with E-state index in [1.165, 1.54) is 48.7 Å². The number of aromatic nitrogens is 4. The van der Waals surface area contributed by atoms with Gasteiger partial charge in [-0.15, -0.1) is 0 Å². The fraction of sp³-hybridized carbons (Fsp3) is 0.577. The maximum Gasteiger partial charge on any atom is 0.167 e. The first kappa shape index (κ1) is 24.1. The molecule has 1 aliphatic heterocycles. The number of rotatable bonds is 6. The first-order chi connectivity index (χ1) is 17.0. The Bertz CT molecular complexity index is 1160. The summed E-state index contributed by atoms with van der Waals surface area (Å²) in [4.78, 5) is 16.2. The van der Waals surface area contributed by atoms with Crippen molar-refractivity contribution < 1.29 is 20.1 Å². The molecule has 9 heteroatoms. The van der Waals surface area contributed by atoms with Crippen molar-refractivity contribution in [3.8, 4) is 0 Å². The Kier molecular flexibility index (Phi) is 7.02. The summed E-state index contributed by atoms with van der Waals surface area (Å²) in [5.74, 6) is 0.772. The summed E-state index contributed by atoms with van der Waals surface area (Å²) >= 11 is 0. The number of aliphatic hydroxyl groups excluding tert-OH is 3. The molecule has 0 bridgehead atoms. The Labute approximate surface area is 205 Å². The van der Waals surface area contributed by atoms with Crippen molar-refractivity contribution in [2.45, 2.75) is 89.5 Å². The summed E-state index contributed by atoms with van der Waals surface area (Å²) in [7, 11) is 0. The maximum absolute atomic E-state index is 10.6. The van der Waals surface area contributed by atoms with Gasteiger partial charge < -0.3 is 25.0 Å². The van der Waals surface area contributed by atoms with Crippen LogP contribution >= 0.6 is 0 Å². The number of ether oxygens (including phenoxy) is 1. The molecule has 2 aromatic heterocycles. The third-order valence-electron chi connectivity index (χ3n) is 7.51. The molecule has 3 N–H and O–H groups in total. The van der Waals surface area contributed by atoms with Gasteiger partial charge in [-0.05, 0) is 37.8 Å². The van der Waals surface area contributed by atoms with Crippen molar-refractivity contribution in [2.75, 3.05) is 11.5 Å². The zero-order chi connectivity index (χ0) is 24.5. The molecule has 0 unspecified atom stereocenters. The van der Waals surface area contributed by atoms with Gasteiger partial charge in [-0.2, -0.15) is 0 Å². The van der Waals surface area contributed by atoms with Crippen LogP contribution in [0.5, 0.6) is 0 Å². The Hall–Kier alpha value is -2.59. The molecule has 0 amide bonds. The highest BCUT2D eigenvalue weighted by atomic mass is 16.6. The molecule has 0 spiro atoms. The molecular weight excluding hydrogens is 446 g/mol. The second-order valence-corrected chi connectivity index (χ2v) is 9.95. The average Bonchev–Trinajstić information content (AvgIpc) is 3.27. The number of aliphatic hydroxyl groups is 3. The lowest BCUT2D eigenvalue weighted by molar-refractivity contribution is -0.0511. The van der Waals surface area contributed by atoms with Gasteiger partial charge in [0.25, 0.3) is 0 Å². The van der Waals surface area contributed by atoms with Gasteiger partial charge in [-0.3, -0.25) is 4.57 Å². The lowest BCUT2D eigenvalue weighted by Gasteiger charge is -2.33. The number of nitrogens with zero attached hydrogens (tertiary/aromatic N) is 5. The van der Waals surface area contributed by atoms with Crippen LogP contribution in [0.3, 0.4) is 0 Å². The van der Waals surface area contributed by atoms with E-state index in [1.807, 2.05) is 0 Å². The third-order valence-corrected chi connectivity index (χ3v) is 7.51. The first-order valence-electron chi connectivity index (χ1n) is 12.6. The quantitative estimate of drug-likeness (QED) is 0.460. The molecule has 3 aromatic rings. The highest BCUT2D eigenvalue weighted by Gasteiger charge is 2.44. The van der Waals surface area contributed by atoms with E-state index in [4.69, 9.17) is 9.72 Å². The normalized spacial score (nSPS) is 25.7. The van der Waals surface area contributed by atoms with Crippen molar-refractivity contribution in [3.63, 3.8) is 0 Å². The van der Waals surface area contributed by atoms with Crippen molar-refractivity contribution in [3.05, 3.63) is 47.5 Å². The number of hydrogen-bond donors (Lipinski definition) is 3. The minimum Gasteiger partial charge on any atom is -0.394 e. The van der Waals surface area contributed by atoms with E-state index in [0.29, 0.717) is 17.2 Å². The van der Waals surface area contributed by atoms with E-state index in [2.05, 4.69) is 46.9 Å². The molecule has 35 heavy (non-hydrogen) atoms. The molecule has 1 saturated heterocycles. The van der Waals surface area contributed by atoms with Crippen molar-refractivity contribution in [2.24, 2.45) is 0 Å². The van der Waals surface area contributed by atoms with Crippen LogP contribution in [0.1, 0.15) is 61.4 Å². The average molecular weight is 482 g/mol. The molecule has 9 nitrogen and oxygen atoms in total. The predicted octanol–water partition coefficient (Wildman–Crippen LogP) is 2.78. The smallest absolute Gasteiger partial charge is 0.167 e. The summed E-state index contributed by atoms with van der Waals surface area (Å²) in [6.45, 7) is 4.61. The van der Waals surface area contributed by atoms with Crippen LogP contribution in [-0.2, 0) is 11.3 Å². The molecule has 3 heterocycles. The topological polar surface area (TPSA) is 117 Å². The third kappa shape index (κ3) is 4.65. The van der Waals surface area contributed by atoms with Crippen LogP contribution in [0, 0.1) is 13.8 Å². The maximum atomic E-state index is 10.6. The number of hydrogen-bond acceptors (Lipinski definition) is 8. The molecule has 2 fully saturated rings. The van der Waals surface area contributed by atoms with Gasteiger partial charge in [0.1, 0.15) is 24.6 Å². The van der Waals surface area contributed by atoms with Crippen LogP contribution in [-0.4, -0.2) is 65.8 Å². The fourth-order valence-electron chi connectivity index (χ4n) is 5.45. The van der Waals surface area contributed by atoms with Gasteiger partial charge in [-0.25, -0.2) is 15.0 Å². The zero-order valence-electron chi connectivity index (χ0n) is 20.4. The van der Waals surface area contributed by atoms with Crippen molar-refractivity contribution in [1.29, 1.82) is 0 Å². The number of fused-ring (bicyclic) bond motifs is 1. The first-order valence-corrected chi connectivity index (χ1v) is 12.6. The highest BCUT2D eigenvalue weighted by Crippen LogP contribution is 2.35. The van der Waals surface area contributed by atoms with Gasteiger partial charge in [0.15, 0.2) is 23.2 Å². The van der Waals surface area contributed by atoms with Crippen LogP contribution in [0.15, 0.2) is 30.9 Å². The van der Waals surface area contributed by atoms with E-state index in [-0.39, 0.29) is 6.61 Å². The summed E-state index contributed by atoms with van der Waals surface area (Å²) in [6.07, 6.45) is 6.08. The van der Waals surface area contributed by atoms with Gasteiger partial charge in [0, 0.05) is 12.6 Å². The molecule has 5 rings (SSSR count). The van der Waals surface area contributed by atoms with Crippen molar-refractivity contribution in [1.82, 2.24) is 19.5 Å². The van der Waals surface area contributed by atoms with Gasteiger partial charge in [0.05, 0.1) is 12.9 Å². The minimum atomic E-state index is -1.20. The predicted molar refractivity (Wildman–Crippen MR) is 132 cm³/mol. The van der Waals surface area contributed by atoms with Gasteiger partial charge >= 0.3 is 0 Å². The molecular formula is C26H35N5O4. The van der Waals surface area contributed by atoms with Crippen LogP contribution in [0.25, 0.3) is 11.2 Å². The lowest BCUT2D eigenvalue weighted by atomic mass is 10.0. The van der Waals surface area contributed by atoms with Crippen LogP contribution < -0.4 is 4.90 Å². The number of benzene rings is 1. The molecule has 1 aliphatic carbocycles. The van der Waals surface area contributed by atoms with E-state index >= 15 is 0 Å². The van der Waals surface area contributed by atoms with E-state index in [0.717, 1.165) is 25.2 Å². The zero-order valence-corrected chi connectivity index (χ0v) is 20.4. The summed E-state index contributed by atoms with van der Waals surface area (Å²) in [6, 6.07) is 6.90. The monoisotopic (exact) mass is 481 g/mol. The Morgan fingerprint density at radius 2 is 1.80 bits per heavy atom. The molecule has 1 saturated carbocycles. The Morgan fingerprint density at radius 1 is 1.03 bits per heavy atom. The van der Waals surface area contributed by atoms with E-state index in [9.17, 15) is 15.3 Å². The molecule has 1 aromatic carbocycles. The lowest BCUT2D eigenvalue weighted by Crippen LogP contribution is -2.35. The van der Waals surface area contributed by atoms with Gasteiger partial charge in [-0.1, -0.05) is 49.4 Å². The highest BCUT2D eigenvalue weighted by molar-refractivity contribution is 5.83. The Morgan fingerprint density at radius 3 is 2.51 bits per heavy atom. The second kappa shape index (κ2) is 10.2. The number of imidazole rings is 1. The Balaban J connectivity index is 1.56. The summed E-state index contributed by atoms with van der Waals surface area (Å²) < 4.78 is 7.38. The molecule has 2 aliphatic rings. The minimum absolute atomic E-state index is 0.342. The van der Waals surface area contributed by atoms with E-state index in [1.54, 1.807) is 10.9 Å². The number of aryl methyl sites for hydroxylation is 2. The fourth-order valence-corrected chi connectivity index (χ4v) is 5.45. The largest absolute Gasteiger partial charge is 0.394 e. The SMILES string of the molecule is Cc1ccc(C)c(CN(c2ncnc3c2ncn3[C@@H]2O[C@H](CO)[C@@H](O)[C@H]2O)C2CCCCCC2)c1. The number of anilines is 1. The van der Waals surface area contributed by atoms with Gasteiger partial charge in [0.2, 0.25) is 0 Å². The molecule has 188 valence electrons. The standard InChI is InChI=1S/C26H35N5O4/c1-16-9-10-17(2)18(11-16)12-30(19-7-5-3-4-6-8-19)24-21-25(28-14-27-24)31(15-29-21)26-23(34)22(33)20(13-32)35-26/h9-11,14-15,19-20,22-23,26,32-34H,3-8,12-13H2,1-2H3/t20-,22-,23-,26-/m1/s1. The molecule has 4 atom stereocenters. The van der Waals surface area contributed by atoms with E-state index < -0.39 is 24.5 Å². The second-order valence-electron chi connectivity index (χ2n) is 9.95. The molecule has 0 radical (unpaired) electrons. The van der Waals surface area contributed by atoms with Crippen molar-refractivity contribution >= 4 is 17.0 Å². The van der Waals surface area contributed by atoms with Crippen LogP contribution in [0.2, 0.25) is 0 Å². The summed E-state index contributed by atoms with van der Waals surface area (Å²) in [5, 5.41) is 30.3. The van der Waals surface area contributed by atoms with Crippen LogP contribution in [0.4, 0.5) is 5.82 Å².